The molecule has 0 bridgehead atoms. The van der Waals surface area contributed by atoms with Crippen LogP contribution in [-0.2, 0) is 0 Å². The number of nitrogens with zero attached hydrogens (tertiary/aromatic N) is 2. The van der Waals surface area contributed by atoms with Crippen molar-refractivity contribution < 1.29 is 4.39 Å². The van der Waals surface area contributed by atoms with Gasteiger partial charge < -0.3 is 0 Å². The molecule has 1 aliphatic carbocycles. The summed E-state index contributed by atoms with van der Waals surface area (Å²) in [5.41, 5.74) is 0.260. The van der Waals surface area contributed by atoms with Gasteiger partial charge in [0.15, 0.2) is 0 Å². The Balaban J connectivity index is 2.05. The fraction of sp³-hybridized carbons (Fsp3) is 0.231. The first-order chi connectivity index (χ1) is 7.66. The summed E-state index contributed by atoms with van der Waals surface area (Å²) in [6.07, 6.45) is 5.29. The second-order valence-corrected chi connectivity index (χ2v) is 3.98. The Kier molecular flexibility index (Phi) is 2.95. The number of hydrogen-bond acceptors (Lipinski definition) is 2. The molecule has 0 saturated carbocycles. The molecular formula is C13H13FN2. The van der Waals surface area contributed by atoms with Crippen LogP contribution in [0.5, 0.6) is 0 Å². The van der Waals surface area contributed by atoms with Crippen LogP contribution >= 0.6 is 0 Å². The van der Waals surface area contributed by atoms with Crippen LogP contribution in [0.15, 0.2) is 64.5 Å². The highest BCUT2D eigenvalue weighted by Gasteiger charge is 2.20. The number of alkyl halides is 1. The van der Waals surface area contributed by atoms with E-state index >= 15 is 0 Å². The third-order valence-electron chi connectivity index (χ3n) is 2.35. The molecule has 0 amide bonds. The summed E-state index contributed by atoms with van der Waals surface area (Å²) in [6.45, 7) is 1.55. The maximum atomic E-state index is 13.4. The molecule has 82 valence electrons. The fourth-order valence-electron chi connectivity index (χ4n) is 1.38. The molecule has 1 atom stereocenters. The van der Waals surface area contributed by atoms with Gasteiger partial charge in [-0.2, -0.15) is 10.2 Å². The molecule has 2 rings (SSSR count). The van der Waals surface area contributed by atoms with E-state index in [1.165, 1.54) is 6.08 Å². The molecule has 2 nitrogen and oxygen atoms in total. The Morgan fingerprint density at radius 2 is 1.94 bits per heavy atom. The number of allylic oxidation sites excluding steroid dienone is 3. The smallest absolute Gasteiger partial charge is 0.130 e. The van der Waals surface area contributed by atoms with E-state index in [9.17, 15) is 4.39 Å². The van der Waals surface area contributed by atoms with Crippen LogP contribution < -0.4 is 0 Å². The van der Waals surface area contributed by atoms with E-state index in [1.807, 2.05) is 30.3 Å². The highest BCUT2D eigenvalue weighted by Crippen LogP contribution is 2.25. The van der Waals surface area contributed by atoms with Crippen LogP contribution in [0, 0.1) is 0 Å². The van der Waals surface area contributed by atoms with Crippen LogP contribution in [0.4, 0.5) is 10.1 Å². The molecule has 3 heteroatoms. The fourth-order valence-corrected chi connectivity index (χ4v) is 1.38. The normalized spacial score (nSPS) is 24.8. The minimum absolute atomic E-state index is 0.354. The molecule has 0 heterocycles. The minimum atomic E-state index is -1.24. The first-order valence-corrected chi connectivity index (χ1v) is 5.21. The maximum Gasteiger partial charge on any atom is 0.130 e. The topological polar surface area (TPSA) is 24.7 Å². The van der Waals surface area contributed by atoms with Crippen LogP contribution in [0.25, 0.3) is 0 Å². The standard InChI is InChI=1S/C13H13FN2/c1-13(14)9-7-12(8-10-13)16-15-11-5-3-2-4-6-11/h2-9H,10H2,1H3. The minimum Gasteiger partial charge on any atom is -0.239 e. The van der Waals surface area contributed by atoms with Gasteiger partial charge >= 0.3 is 0 Å². The van der Waals surface area contributed by atoms with Crippen molar-refractivity contribution in [3.63, 3.8) is 0 Å². The SMILES string of the molecule is CC1(F)C=CC(N=Nc2ccccc2)=CC1. The molecule has 0 spiro atoms. The quantitative estimate of drug-likeness (QED) is 0.657. The van der Waals surface area contributed by atoms with Crippen molar-refractivity contribution in [1.29, 1.82) is 0 Å². The van der Waals surface area contributed by atoms with Crippen LogP contribution in [0.2, 0.25) is 0 Å². The Bertz CT molecular complexity index is 444. The van der Waals surface area contributed by atoms with Crippen molar-refractivity contribution in [1.82, 2.24) is 0 Å². The molecule has 0 saturated heterocycles. The highest BCUT2D eigenvalue weighted by molar-refractivity contribution is 5.35. The number of halogens is 1. The molecule has 1 unspecified atom stereocenters. The van der Waals surface area contributed by atoms with Crippen molar-refractivity contribution in [2.45, 2.75) is 19.0 Å². The summed E-state index contributed by atoms with van der Waals surface area (Å²) in [5, 5.41) is 8.11. The zero-order valence-electron chi connectivity index (χ0n) is 9.10. The van der Waals surface area contributed by atoms with E-state index in [2.05, 4.69) is 10.2 Å². The summed E-state index contributed by atoms with van der Waals surface area (Å²) in [4.78, 5) is 0. The van der Waals surface area contributed by atoms with Crippen molar-refractivity contribution in [3.05, 3.63) is 54.3 Å². The lowest BCUT2D eigenvalue weighted by Gasteiger charge is -2.16. The van der Waals surface area contributed by atoms with Crippen LogP contribution in [0.3, 0.4) is 0 Å². The summed E-state index contributed by atoms with van der Waals surface area (Å²) in [7, 11) is 0. The van der Waals surface area contributed by atoms with E-state index < -0.39 is 5.67 Å². The van der Waals surface area contributed by atoms with E-state index in [-0.39, 0.29) is 0 Å². The summed E-state index contributed by atoms with van der Waals surface area (Å²) in [6, 6.07) is 9.47. The average Bonchev–Trinajstić information content (AvgIpc) is 2.29. The second kappa shape index (κ2) is 4.39. The van der Waals surface area contributed by atoms with Gasteiger partial charge in [0.2, 0.25) is 0 Å². The molecule has 1 aromatic carbocycles. The van der Waals surface area contributed by atoms with Gasteiger partial charge in [-0.1, -0.05) is 24.3 Å². The van der Waals surface area contributed by atoms with E-state index in [0.29, 0.717) is 12.1 Å². The molecule has 1 aliphatic rings. The van der Waals surface area contributed by atoms with Gasteiger partial charge in [0.05, 0.1) is 11.4 Å². The van der Waals surface area contributed by atoms with Crippen LogP contribution in [-0.4, -0.2) is 5.67 Å². The molecule has 0 aromatic heterocycles. The van der Waals surface area contributed by atoms with Gasteiger partial charge in [0.25, 0.3) is 0 Å². The highest BCUT2D eigenvalue weighted by atomic mass is 19.1. The monoisotopic (exact) mass is 216 g/mol. The van der Waals surface area contributed by atoms with Gasteiger partial charge in [-0.05, 0) is 31.2 Å². The molecule has 1 aromatic rings. The van der Waals surface area contributed by atoms with Gasteiger partial charge in [-0.3, -0.25) is 0 Å². The van der Waals surface area contributed by atoms with Gasteiger partial charge in [-0.25, -0.2) is 4.39 Å². The first-order valence-electron chi connectivity index (χ1n) is 5.21. The lowest BCUT2D eigenvalue weighted by molar-refractivity contribution is 0.259. The third kappa shape index (κ3) is 2.86. The lowest BCUT2D eigenvalue weighted by Crippen LogP contribution is -2.14. The lowest BCUT2D eigenvalue weighted by atomic mass is 9.99. The molecular weight excluding hydrogens is 203 g/mol. The predicted octanol–water partition coefficient (Wildman–Crippen LogP) is 4.34. The molecule has 16 heavy (non-hydrogen) atoms. The Morgan fingerprint density at radius 3 is 2.56 bits per heavy atom. The number of benzene rings is 1. The van der Waals surface area contributed by atoms with Crippen LogP contribution in [0.1, 0.15) is 13.3 Å². The first kappa shape index (κ1) is 10.7. The number of hydrogen-bond donors (Lipinski definition) is 0. The zero-order valence-corrected chi connectivity index (χ0v) is 9.10. The van der Waals surface area contributed by atoms with Crippen molar-refractivity contribution in [2.75, 3.05) is 0 Å². The Labute approximate surface area is 94.2 Å². The number of azo groups is 1. The van der Waals surface area contributed by atoms with Gasteiger partial charge in [-0.15, -0.1) is 0 Å². The second-order valence-electron chi connectivity index (χ2n) is 3.98. The molecule has 0 radical (unpaired) electrons. The maximum absolute atomic E-state index is 13.4. The van der Waals surface area contributed by atoms with Crippen molar-refractivity contribution >= 4 is 5.69 Å². The van der Waals surface area contributed by atoms with E-state index in [4.69, 9.17) is 0 Å². The van der Waals surface area contributed by atoms with Crippen molar-refractivity contribution in [3.8, 4) is 0 Å². The molecule has 0 N–H and O–H groups in total. The average molecular weight is 216 g/mol. The van der Waals surface area contributed by atoms with E-state index in [0.717, 1.165) is 5.69 Å². The summed E-state index contributed by atoms with van der Waals surface area (Å²) < 4.78 is 13.4. The number of rotatable bonds is 2. The van der Waals surface area contributed by atoms with Gasteiger partial charge in [0, 0.05) is 6.42 Å². The van der Waals surface area contributed by atoms with E-state index in [1.54, 1.807) is 19.1 Å². The van der Waals surface area contributed by atoms with Crippen molar-refractivity contribution in [2.24, 2.45) is 10.2 Å². The summed E-state index contributed by atoms with van der Waals surface area (Å²) >= 11 is 0. The predicted molar refractivity (Wildman–Crippen MR) is 62.3 cm³/mol. The molecule has 0 aliphatic heterocycles. The Morgan fingerprint density at radius 1 is 1.19 bits per heavy atom. The Hall–Kier alpha value is -1.77. The third-order valence-corrected chi connectivity index (χ3v) is 2.35. The zero-order chi connectivity index (χ0) is 11.4. The molecule has 0 fully saturated rings. The summed E-state index contributed by atoms with van der Waals surface area (Å²) in [5.74, 6) is 0. The largest absolute Gasteiger partial charge is 0.239 e. The van der Waals surface area contributed by atoms with Gasteiger partial charge in [0.1, 0.15) is 5.67 Å².